The van der Waals surface area contributed by atoms with E-state index in [-0.39, 0.29) is 5.82 Å². The first-order valence-electron chi connectivity index (χ1n) is 6.12. The fourth-order valence-corrected chi connectivity index (χ4v) is 2.26. The Morgan fingerprint density at radius 3 is 2.28 bits per heavy atom. The molecule has 0 saturated carbocycles. The lowest BCUT2D eigenvalue weighted by Gasteiger charge is -2.28. The van der Waals surface area contributed by atoms with Gasteiger partial charge in [-0.2, -0.15) is 0 Å². The first-order valence-corrected chi connectivity index (χ1v) is 6.12. The summed E-state index contributed by atoms with van der Waals surface area (Å²) in [5, 5.41) is 10.8. The molecule has 0 spiro atoms. The Morgan fingerprint density at radius 1 is 1.06 bits per heavy atom. The average Bonchev–Trinajstić information content (AvgIpc) is 2.37. The minimum atomic E-state index is -1.13. The number of rotatable bonds is 3. The van der Waals surface area contributed by atoms with Gasteiger partial charge in [0.05, 0.1) is 0 Å². The van der Waals surface area contributed by atoms with Crippen molar-refractivity contribution in [2.24, 2.45) is 0 Å². The zero-order valence-electron chi connectivity index (χ0n) is 10.7. The van der Waals surface area contributed by atoms with Gasteiger partial charge in [0.1, 0.15) is 11.4 Å². The number of halogens is 1. The van der Waals surface area contributed by atoms with Crippen molar-refractivity contribution < 1.29 is 9.50 Å². The van der Waals surface area contributed by atoms with Crippen molar-refractivity contribution in [2.45, 2.75) is 25.9 Å². The highest BCUT2D eigenvalue weighted by Crippen LogP contribution is 2.33. The largest absolute Gasteiger partial charge is 0.380 e. The van der Waals surface area contributed by atoms with Gasteiger partial charge in [-0.3, -0.25) is 0 Å². The van der Waals surface area contributed by atoms with Crippen molar-refractivity contribution in [3.8, 4) is 0 Å². The number of aliphatic hydroxyl groups is 1. The highest BCUT2D eigenvalue weighted by Gasteiger charge is 2.29. The van der Waals surface area contributed by atoms with Crippen LogP contribution in [0.2, 0.25) is 0 Å². The zero-order valence-corrected chi connectivity index (χ0v) is 10.7. The molecule has 94 valence electrons. The fourth-order valence-electron chi connectivity index (χ4n) is 2.26. The van der Waals surface area contributed by atoms with Gasteiger partial charge < -0.3 is 5.11 Å². The second-order valence-electron chi connectivity index (χ2n) is 4.60. The molecule has 0 saturated heterocycles. The maximum atomic E-state index is 13.5. The Hall–Kier alpha value is -1.67. The van der Waals surface area contributed by atoms with Crippen LogP contribution in [0, 0.1) is 12.7 Å². The van der Waals surface area contributed by atoms with Crippen LogP contribution in [0.1, 0.15) is 30.0 Å². The molecule has 0 aliphatic rings. The maximum Gasteiger partial charge on any atom is 0.123 e. The standard InChI is InChI=1S/C16H17FO/c1-3-16(18,13-7-5-4-6-8-13)14-9-12(2)10-15(17)11-14/h4-11,18H,3H2,1-2H3. The van der Waals surface area contributed by atoms with Crippen molar-refractivity contribution in [2.75, 3.05) is 0 Å². The Morgan fingerprint density at radius 2 is 1.72 bits per heavy atom. The predicted octanol–water partition coefficient (Wildman–Crippen LogP) is 3.78. The van der Waals surface area contributed by atoms with Crippen LogP contribution >= 0.6 is 0 Å². The lowest BCUT2D eigenvalue weighted by molar-refractivity contribution is 0.0761. The van der Waals surface area contributed by atoms with Crippen molar-refractivity contribution in [1.82, 2.24) is 0 Å². The molecule has 0 aliphatic heterocycles. The maximum absolute atomic E-state index is 13.5. The minimum Gasteiger partial charge on any atom is -0.380 e. The Labute approximate surface area is 107 Å². The molecule has 1 N–H and O–H groups in total. The van der Waals surface area contributed by atoms with Crippen LogP contribution in [0.4, 0.5) is 4.39 Å². The highest BCUT2D eigenvalue weighted by atomic mass is 19.1. The molecular formula is C16H17FO. The number of hydrogen-bond acceptors (Lipinski definition) is 1. The van der Waals surface area contributed by atoms with E-state index in [0.717, 1.165) is 11.1 Å². The number of aryl methyl sites for hydroxylation is 1. The van der Waals surface area contributed by atoms with E-state index in [1.807, 2.05) is 50.2 Å². The molecule has 0 fully saturated rings. The first-order chi connectivity index (χ1) is 8.56. The van der Waals surface area contributed by atoms with Crippen LogP contribution < -0.4 is 0 Å². The van der Waals surface area contributed by atoms with Gasteiger partial charge in [0, 0.05) is 0 Å². The van der Waals surface area contributed by atoms with Crippen molar-refractivity contribution >= 4 is 0 Å². The van der Waals surface area contributed by atoms with E-state index >= 15 is 0 Å². The fraction of sp³-hybridized carbons (Fsp3) is 0.250. The second-order valence-corrected chi connectivity index (χ2v) is 4.60. The zero-order chi connectivity index (χ0) is 13.2. The number of benzene rings is 2. The quantitative estimate of drug-likeness (QED) is 0.871. The Balaban J connectivity index is 2.56. The summed E-state index contributed by atoms with van der Waals surface area (Å²) in [6.45, 7) is 3.72. The van der Waals surface area contributed by atoms with Crippen LogP contribution in [0.3, 0.4) is 0 Å². The van der Waals surface area contributed by atoms with Crippen molar-refractivity contribution in [3.05, 3.63) is 71.0 Å². The van der Waals surface area contributed by atoms with Gasteiger partial charge in [-0.25, -0.2) is 4.39 Å². The van der Waals surface area contributed by atoms with E-state index in [1.165, 1.54) is 12.1 Å². The van der Waals surface area contributed by atoms with E-state index in [0.29, 0.717) is 12.0 Å². The summed E-state index contributed by atoms with van der Waals surface area (Å²) in [6.07, 6.45) is 0.500. The van der Waals surface area contributed by atoms with Crippen LogP contribution in [-0.4, -0.2) is 5.11 Å². The summed E-state index contributed by atoms with van der Waals surface area (Å²) in [4.78, 5) is 0. The lowest BCUT2D eigenvalue weighted by Crippen LogP contribution is -2.26. The highest BCUT2D eigenvalue weighted by molar-refractivity contribution is 5.37. The molecular weight excluding hydrogens is 227 g/mol. The van der Waals surface area contributed by atoms with Crippen LogP contribution in [0.25, 0.3) is 0 Å². The van der Waals surface area contributed by atoms with Gasteiger partial charge in [-0.1, -0.05) is 43.3 Å². The Bertz CT molecular complexity index is 516. The predicted molar refractivity (Wildman–Crippen MR) is 70.9 cm³/mol. The van der Waals surface area contributed by atoms with Gasteiger partial charge in [-0.15, -0.1) is 0 Å². The monoisotopic (exact) mass is 244 g/mol. The van der Waals surface area contributed by atoms with Gasteiger partial charge in [0.15, 0.2) is 0 Å². The molecule has 0 aromatic heterocycles. The molecule has 0 bridgehead atoms. The third-order valence-electron chi connectivity index (χ3n) is 3.28. The smallest absolute Gasteiger partial charge is 0.123 e. The Kier molecular flexibility index (Phi) is 3.48. The van der Waals surface area contributed by atoms with Crippen LogP contribution in [0.15, 0.2) is 48.5 Å². The summed E-state index contributed by atoms with van der Waals surface area (Å²) in [5.74, 6) is -0.312. The molecule has 1 atom stereocenters. The van der Waals surface area contributed by atoms with Gasteiger partial charge in [-0.05, 0) is 42.2 Å². The summed E-state index contributed by atoms with van der Waals surface area (Å²) >= 11 is 0. The molecule has 2 aromatic rings. The van der Waals surface area contributed by atoms with E-state index in [1.54, 1.807) is 0 Å². The molecule has 2 rings (SSSR count). The van der Waals surface area contributed by atoms with E-state index in [4.69, 9.17) is 0 Å². The van der Waals surface area contributed by atoms with Gasteiger partial charge >= 0.3 is 0 Å². The summed E-state index contributed by atoms with van der Waals surface area (Å²) in [6, 6.07) is 14.1. The summed E-state index contributed by atoms with van der Waals surface area (Å²) in [7, 11) is 0. The second kappa shape index (κ2) is 4.91. The number of hydrogen-bond donors (Lipinski definition) is 1. The molecule has 0 heterocycles. The summed E-state index contributed by atoms with van der Waals surface area (Å²) < 4.78 is 13.5. The van der Waals surface area contributed by atoms with E-state index in [9.17, 15) is 9.50 Å². The SMILES string of the molecule is CCC(O)(c1ccccc1)c1cc(C)cc(F)c1. The van der Waals surface area contributed by atoms with Crippen LogP contribution in [-0.2, 0) is 5.60 Å². The normalized spacial score (nSPS) is 14.2. The minimum absolute atomic E-state index is 0.312. The van der Waals surface area contributed by atoms with Crippen LogP contribution in [0.5, 0.6) is 0 Å². The first kappa shape index (κ1) is 12.8. The third kappa shape index (κ3) is 2.29. The third-order valence-corrected chi connectivity index (χ3v) is 3.28. The van der Waals surface area contributed by atoms with Crippen molar-refractivity contribution in [1.29, 1.82) is 0 Å². The molecule has 0 aliphatic carbocycles. The van der Waals surface area contributed by atoms with E-state index in [2.05, 4.69) is 0 Å². The average molecular weight is 244 g/mol. The molecule has 2 heteroatoms. The molecule has 0 amide bonds. The molecule has 1 nitrogen and oxygen atoms in total. The molecule has 2 aromatic carbocycles. The lowest BCUT2D eigenvalue weighted by atomic mass is 9.83. The van der Waals surface area contributed by atoms with E-state index < -0.39 is 5.60 Å². The van der Waals surface area contributed by atoms with Crippen molar-refractivity contribution in [3.63, 3.8) is 0 Å². The topological polar surface area (TPSA) is 20.2 Å². The summed E-state index contributed by atoms with van der Waals surface area (Å²) in [5.41, 5.74) is 1.08. The molecule has 18 heavy (non-hydrogen) atoms. The van der Waals surface area contributed by atoms with Gasteiger partial charge in [0.2, 0.25) is 0 Å². The molecule has 1 unspecified atom stereocenters. The van der Waals surface area contributed by atoms with Gasteiger partial charge in [0.25, 0.3) is 0 Å². The molecule has 0 radical (unpaired) electrons.